The van der Waals surface area contributed by atoms with Crippen LogP contribution >= 0.6 is 0 Å². The van der Waals surface area contributed by atoms with Gasteiger partial charge in [-0.05, 0) is 23.8 Å². The van der Waals surface area contributed by atoms with E-state index in [1.807, 2.05) is 0 Å². The summed E-state index contributed by atoms with van der Waals surface area (Å²) in [6, 6.07) is 5.87. The molecule has 2 rings (SSSR count). The smallest absolute Gasteiger partial charge is 0.354 e. The number of H-pyrrole nitrogens is 1. The first-order valence-electron chi connectivity index (χ1n) is 5.72. The summed E-state index contributed by atoms with van der Waals surface area (Å²) in [5.41, 5.74) is 0.113. The molecule has 7 nitrogen and oxygen atoms in total. The second-order valence-electron chi connectivity index (χ2n) is 3.95. The van der Waals surface area contributed by atoms with E-state index in [1.54, 1.807) is 12.1 Å². The molecule has 0 saturated heterocycles. The average molecular weight is 273 g/mol. The fourth-order valence-electron chi connectivity index (χ4n) is 1.53. The van der Waals surface area contributed by atoms with Gasteiger partial charge in [-0.1, -0.05) is 6.07 Å². The minimum absolute atomic E-state index is 0.0163. The molecule has 2 aromatic rings. The number of nitrogens with one attached hydrogen (secondary N) is 2. The molecule has 0 radical (unpaired) electrons. The summed E-state index contributed by atoms with van der Waals surface area (Å²) in [7, 11) is 0. The molecule has 7 heteroatoms. The number of carboxylic acid groups (broad SMARTS) is 1. The van der Waals surface area contributed by atoms with Crippen LogP contribution in [-0.2, 0) is 6.54 Å². The number of carbonyl (C=O) groups is 2. The molecule has 1 amide bonds. The van der Waals surface area contributed by atoms with E-state index in [2.05, 4.69) is 15.3 Å². The number of aromatic carboxylic acids is 1. The van der Waals surface area contributed by atoms with Gasteiger partial charge in [-0.25, -0.2) is 9.78 Å². The maximum absolute atomic E-state index is 11.8. The van der Waals surface area contributed by atoms with Gasteiger partial charge in [-0.15, -0.1) is 0 Å². The molecule has 2 heterocycles. The Kier molecular flexibility index (Phi) is 3.90. The van der Waals surface area contributed by atoms with Crippen molar-refractivity contribution >= 4 is 11.9 Å². The number of pyridine rings is 2. The molecule has 0 aliphatic heterocycles. The summed E-state index contributed by atoms with van der Waals surface area (Å²) in [6.07, 6.45) is 2.80. The Bertz CT molecular complexity index is 691. The highest BCUT2D eigenvalue weighted by molar-refractivity contribution is 5.93. The number of amides is 1. The van der Waals surface area contributed by atoms with Crippen molar-refractivity contribution in [2.24, 2.45) is 0 Å². The average Bonchev–Trinajstić information content (AvgIpc) is 2.45. The van der Waals surface area contributed by atoms with Crippen molar-refractivity contribution in [2.45, 2.75) is 6.54 Å². The molecular weight excluding hydrogens is 262 g/mol. The molecule has 0 unspecified atom stereocenters. The van der Waals surface area contributed by atoms with Crippen LogP contribution in [0.2, 0.25) is 0 Å². The Morgan fingerprint density at radius 1 is 1.30 bits per heavy atom. The fraction of sp³-hybridized carbons (Fsp3) is 0.0769. The van der Waals surface area contributed by atoms with Gasteiger partial charge in [0.1, 0.15) is 11.3 Å². The van der Waals surface area contributed by atoms with Gasteiger partial charge in [-0.2, -0.15) is 0 Å². The molecule has 102 valence electrons. The third-order valence-corrected chi connectivity index (χ3v) is 2.56. The molecule has 0 bridgehead atoms. The van der Waals surface area contributed by atoms with Crippen molar-refractivity contribution in [3.05, 3.63) is 63.8 Å². The first-order valence-corrected chi connectivity index (χ1v) is 5.72. The first kappa shape index (κ1) is 13.5. The minimum atomic E-state index is -1.11. The predicted molar refractivity (Wildman–Crippen MR) is 69.4 cm³/mol. The van der Waals surface area contributed by atoms with E-state index in [0.717, 1.165) is 0 Å². The zero-order valence-corrected chi connectivity index (χ0v) is 10.3. The van der Waals surface area contributed by atoms with Crippen LogP contribution in [0.15, 0.2) is 41.5 Å². The lowest BCUT2D eigenvalue weighted by atomic mass is 10.2. The van der Waals surface area contributed by atoms with E-state index >= 15 is 0 Å². The molecule has 0 spiro atoms. The largest absolute Gasteiger partial charge is 0.477 e. The topological polar surface area (TPSA) is 112 Å². The normalized spacial score (nSPS) is 10.0. The quantitative estimate of drug-likeness (QED) is 0.746. The van der Waals surface area contributed by atoms with Crippen LogP contribution in [0.25, 0.3) is 0 Å². The summed E-state index contributed by atoms with van der Waals surface area (Å²) in [4.78, 5) is 39.9. The van der Waals surface area contributed by atoms with E-state index in [-0.39, 0.29) is 17.8 Å². The van der Waals surface area contributed by atoms with Crippen LogP contribution in [0, 0.1) is 0 Å². The summed E-state index contributed by atoms with van der Waals surface area (Å²) >= 11 is 0. The van der Waals surface area contributed by atoms with E-state index in [0.29, 0.717) is 5.56 Å². The summed E-state index contributed by atoms with van der Waals surface area (Å²) in [5.74, 6) is -1.62. The molecule has 3 N–H and O–H groups in total. The van der Waals surface area contributed by atoms with Crippen molar-refractivity contribution in [3.63, 3.8) is 0 Å². The summed E-state index contributed by atoms with van der Waals surface area (Å²) in [6.45, 7) is 0.153. The third-order valence-electron chi connectivity index (χ3n) is 2.56. The Morgan fingerprint density at radius 2 is 2.10 bits per heavy atom. The summed E-state index contributed by atoms with van der Waals surface area (Å²) < 4.78 is 0. The number of hydrogen-bond acceptors (Lipinski definition) is 4. The van der Waals surface area contributed by atoms with Gasteiger partial charge >= 0.3 is 5.97 Å². The lowest BCUT2D eigenvalue weighted by Gasteiger charge is -2.04. The lowest BCUT2D eigenvalue weighted by Crippen LogP contribution is -2.28. The Balaban J connectivity index is 2.02. The van der Waals surface area contributed by atoms with Crippen LogP contribution < -0.4 is 10.9 Å². The standard InChI is InChI=1S/C13H11N3O4/c17-11-9(2-1-5-14-11)12(18)16-7-8-3-4-10(13(19)20)15-6-8/h1-6H,7H2,(H,14,17)(H,16,18)(H,19,20). The van der Waals surface area contributed by atoms with Crippen molar-refractivity contribution in [3.8, 4) is 0 Å². The van der Waals surface area contributed by atoms with E-state index in [1.165, 1.54) is 24.5 Å². The van der Waals surface area contributed by atoms with Crippen molar-refractivity contribution in [1.82, 2.24) is 15.3 Å². The van der Waals surface area contributed by atoms with Crippen LogP contribution in [0.3, 0.4) is 0 Å². The fourth-order valence-corrected chi connectivity index (χ4v) is 1.53. The third kappa shape index (κ3) is 3.08. The Hall–Kier alpha value is -2.96. The number of carboxylic acids is 1. The van der Waals surface area contributed by atoms with Gasteiger partial charge < -0.3 is 15.4 Å². The molecule has 2 aromatic heterocycles. The Labute approximate surface area is 113 Å². The number of carbonyl (C=O) groups excluding carboxylic acids is 1. The first-order chi connectivity index (χ1) is 9.58. The number of rotatable bonds is 4. The maximum Gasteiger partial charge on any atom is 0.354 e. The highest BCUT2D eigenvalue weighted by Crippen LogP contribution is 2.00. The Morgan fingerprint density at radius 3 is 2.70 bits per heavy atom. The predicted octanol–water partition coefficient (Wildman–Crippen LogP) is 0.398. The second kappa shape index (κ2) is 5.79. The van der Waals surface area contributed by atoms with Gasteiger partial charge in [0.15, 0.2) is 0 Å². The molecule has 0 fully saturated rings. The van der Waals surface area contributed by atoms with Gasteiger partial charge in [0.2, 0.25) is 0 Å². The van der Waals surface area contributed by atoms with Gasteiger partial charge in [-0.3, -0.25) is 9.59 Å². The van der Waals surface area contributed by atoms with Gasteiger partial charge in [0.25, 0.3) is 11.5 Å². The van der Waals surface area contributed by atoms with Crippen molar-refractivity contribution in [1.29, 1.82) is 0 Å². The van der Waals surface area contributed by atoms with Crippen molar-refractivity contribution < 1.29 is 14.7 Å². The highest BCUT2D eigenvalue weighted by atomic mass is 16.4. The number of hydrogen-bond donors (Lipinski definition) is 3. The molecule has 0 aliphatic carbocycles. The van der Waals surface area contributed by atoms with Gasteiger partial charge in [0.05, 0.1) is 0 Å². The van der Waals surface area contributed by atoms with Crippen molar-refractivity contribution in [2.75, 3.05) is 0 Å². The minimum Gasteiger partial charge on any atom is -0.477 e. The molecule has 20 heavy (non-hydrogen) atoms. The van der Waals surface area contributed by atoms with Gasteiger partial charge in [0, 0.05) is 18.9 Å². The van der Waals surface area contributed by atoms with E-state index < -0.39 is 17.4 Å². The zero-order chi connectivity index (χ0) is 14.5. The summed E-state index contributed by atoms with van der Waals surface area (Å²) in [5, 5.41) is 11.3. The molecule has 0 aromatic carbocycles. The van der Waals surface area contributed by atoms with Crippen LogP contribution in [0.5, 0.6) is 0 Å². The van der Waals surface area contributed by atoms with E-state index in [9.17, 15) is 14.4 Å². The maximum atomic E-state index is 11.8. The van der Waals surface area contributed by atoms with E-state index in [4.69, 9.17) is 5.11 Å². The number of nitrogens with zero attached hydrogens (tertiary/aromatic N) is 1. The zero-order valence-electron chi connectivity index (χ0n) is 10.3. The molecular formula is C13H11N3O4. The SMILES string of the molecule is O=C(O)c1ccc(CNC(=O)c2ccc[nH]c2=O)cn1. The lowest BCUT2D eigenvalue weighted by molar-refractivity contribution is 0.0690. The second-order valence-corrected chi connectivity index (χ2v) is 3.95. The molecule has 0 saturated carbocycles. The monoisotopic (exact) mass is 273 g/mol. The number of aromatic amines is 1. The van der Waals surface area contributed by atoms with Crippen LogP contribution in [-0.4, -0.2) is 27.0 Å². The highest BCUT2D eigenvalue weighted by Gasteiger charge is 2.09. The molecule has 0 aliphatic rings. The number of aromatic nitrogens is 2. The van der Waals surface area contributed by atoms with Crippen LogP contribution in [0.4, 0.5) is 0 Å². The van der Waals surface area contributed by atoms with Crippen LogP contribution in [0.1, 0.15) is 26.4 Å². The molecule has 0 atom stereocenters.